The van der Waals surface area contributed by atoms with E-state index in [1.165, 1.54) is 0 Å². The Morgan fingerprint density at radius 2 is 2.12 bits per heavy atom. The highest BCUT2D eigenvalue weighted by atomic mass is 16.5. The summed E-state index contributed by atoms with van der Waals surface area (Å²) in [4.78, 5) is 6.30. The van der Waals surface area contributed by atoms with Crippen LogP contribution in [0.3, 0.4) is 0 Å². The number of rotatable bonds is 2. The number of hydrogen-bond donors (Lipinski definition) is 0. The zero-order chi connectivity index (χ0) is 10.8. The average Bonchev–Trinajstić information content (AvgIpc) is 3.01. The molecule has 0 spiro atoms. The van der Waals surface area contributed by atoms with Crippen molar-refractivity contribution in [1.29, 1.82) is 0 Å². The number of anilines is 1. The van der Waals surface area contributed by atoms with Crippen LogP contribution in [0.15, 0.2) is 27.3 Å². The van der Waals surface area contributed by atoms with E-state index < -0.39 is 0 Å². The topological polar surface area (TPSA) is 64.5 Å². The van der Waals surface area contributed by atoms with Gasteiger partial charge in [-0.3, -0.25) is 0 Å². The molecule has 0 aliphatic carbocycles. The lowest BCUT2D eigenvalue weighted by atomic mass is 10.4. The Balaban J connectivity index is 1.82. The lowest BCUT2D eigenvalue weighted by Crippen LogP contribution is -2.36. The average molecular weight is 221 g/mol. The molecule has 6 heteroatoms. The van der Waals surface area contributed by atoms with Gasteiger partial charge in [0, 0.05) is 13.1 Å². The molecule has 2 aromatic rings. The summed E-state index contributed by atoms with van der Waals surface area (Å²) in [7, 11) is 0. The Morgan fingerprint density at radius 3 is 2.88 bits per heavy atom. The molecule has 3 rings (SSSR count). The van der Waals surface area contributed by atoms with Gasteiger partial charge in [0.2, 0.25) is 0 Å². The first-order valence-corrected chi connectivity index (χ1v) is 5.14. The fourth-order valence-electron chi connectivity index (χ4n) is 1.61. The van der Waals surface area contributed by atoms with Crippen molar-refractivity contribution in [3.8, 4) is 11.7 Å². The molecule has 3 heterocycles. The van der Waals surface area contributed by atoms with Crippen LogP contribution in [0.1, 0.15) is 0 Å². The molecular formula is C10H11N3O3. The molecule has 1 saturated heterocycles. The summed E-state index contributed by atoms with van der Waals surface area (Å²) < 4.78 is 15.6. The summed E-state index contributed by atoms with van der Waals surface area (Å²) in [5.41, 5.74) is 0. The van der Waals surface area contributed by atoms with Gasteiger partial charge in [-0.1, -0.05) is 0 Å². The van der Waals surface area contributed by atoms with Gasteiger partial charge in [0.15, 0.2) is 5.76 Å². The van der Waals surface area contributed by atoms with E-state index in [0.717, 1.165) is 13.1 Å². The summed E-state index contributed by atoms with van der Waals surface area (Å²) in [6, 6.07) is 3.57. The highest BCUT2D eigenvalue weighted by Crippen LogP contribution is 2.20. The predicted molar refractivity (Wildman–Crippen MR) is 55.0 cm³/mol. The minimum atomic E-state index is 0.409. The third kappa shape index (κ3) is 1.67. The van der Waals surface area contributed by atoms with E-state index in [1.54, 1.807) is 18.4 Å². The quantitative estimate of drug-likeness (QED) is 0.758. The summed E-state index contributed by atoms with van der Waals surface area (Å²) in [5, 5.41) is 3.92. The smallest absolute Gasteiger partial charge is 0.295 e. The van der Waals surface area contributed by atoms with Gasteiger partial charge in [-0.15, -0.1) is 0 Å². The van der Waals surface area contributed by atoms with E-state index in [4.69, 9.17) is 13.7 Å². The van der Waals surface area contributed by atoms with E-state index >= 15 is 0 Å². The summed E-state index contributed by atoms with van der Waals surface area (Å²) >= 11 is 0. The minimum Gasteiger partial charge on any atom is -0.459 e. The van der Waals surface area contributed by atoms with Crippen LogP contribution in [0.2, 0.25) is 0 Å². The van der Waals surface area contributed by atoms with E-state index in [1.807, 2.05) is 4.90 Å². The lowest BCUT2D eigenvalue weighted by molar-refractivity contribution is 0.121. The maximum atomic E-state index is 5.25. The second kappa shape index (κ2) is 3.97. The Kier molecular flexibility index (Phi) is 2.34. The Hall–Kier alpha value is -1.82. The van der Waals surface area contributed by atoms with E-state index in [9.17, 15) is 0 Å². The van der Waals surface area contributed by atoms with Crippen molar-refractivity contribution in [2.24, 2.45) is 0 Å². The van der Waals surface area contributed by atoms with Crippen molar-refractivity contribution in [3.05, 3.63) is 18.4 Å². The largest absolute Gasteiger partial charge is 0.459 e. The molecule has 0 N–H and O–H groups in total. The summed E-state index contributed by atoms with van der Waals surface area (Å²) in [5.74, 6) is 1.59. The molecule has 0 aromatic carbocycles. The van der Waals surface area contributed by atoms with Crippen LogP contribution >= 0.6 is 0 Å². The molecule has 1 aliphatic rings. The van der Waals surface area contributed by atoms with Crippen LogP contribution < -0.4 is 4.90 Å². The Bertz CT molecular complexity index is 446. The third-order valence-electron chi connectivity index (χ3n) is 2.44. The zero-order valence-corrected chi connectivity index (χ0v) is 8.63. The second-order valence-corrected chi connectivity index (χ2v) is 3.48. The molecule has 0 atom stereocenters. The zero-order valence-electron chi connectivity index (χ0n) is 8.63. The first-order valence-electron chi connectivity index (χ1n) is 5.14. The molecule has 0 saturated carbocycles. The van der Waals surface area contributed by atoms with Crippen molar-refractivity contribution in [3.63, 3.8) is 0 Å². The maximum absolute atomic E-state index is 5.25. The molecule has 0 radical (unpaired) electrons. The van der Waals surface area contributed by atoms with Crippen LogP contribution in [0.4, 0.5) is 5.95 Å². The molecule has 0 amide bonds. The fraction of sp³-hybridized carbons (Fsp3) is 0.400. The molecule has 84 valence electrons. The highest BCUT2D eigenvalue weighted by molar-refractivity contribution is 5.46. The van der Waals surface area contributed by atoms with Gasteiger partial charge in [-0.2, -0.15) is 4.98 Å². The van der Waals surface area contributed by atoms with Crippen molar-refractivity contribution in [1.82, 2.24) is 10.1 Å². The van der Waals surface area contributed by atoms with Crippen LogP contribution in [0.5, 0.6) is 0 Å². The number of hydrogen-bond acceptors (Lipinski definition) is 6. The maximum Gasteiger partial charge on any atom is 0.295 e. The van der Waals surface area contributed by atoms with E-state index in [0.29, 0.717) is 30.8 Å². The first-order chi connectivity index (χ1) is 7.93. The van der Waals surface area contributed by atoms with Crippen molar-refractivity contribution in [2.45, 2.75) is 0 Å². The van der Waals surface area contributed by atoms with E-state index in [2.05, 4.69) is 10.1 Å². The summed E-state index contributed by atoms with van der Waals surface area (Å²) in [6.45, 7) is 2.98. The molecule has 0 bridgehead atoms. The minimum absolute atomic E-state index is 0.409. The number of morpholine rings is 1. The predicted octanol–water partition coefficient (Wildman–Crippen LogP) is 1.17. The highest BCUT2D eigenvalue weighted by Gasteiger charge is 2.18. The van der Waals surface area contributed by atoms with Crippen molar-refractivity contribution < 1.29 is 13.7 Å². The fourth-order valence-corrected chi connectivity index (χ4v) is 1.61. The first kappa shape index (κ1) is 9.41. The van der Waals surface area contributed by atoms with Crippen LogP contribution in [-0.2, 0) is 4.74 Å². The molecule has 0 unspecified atom stereocenters. The molecular weight excluding hydrogens is 210 g/mol. The second-order valence-electron chi connectivity index (χ2n) is 3.48. The normalized spacial score (nSPS) is 16.6. The van der Waals surface area contributed by atoms with E-state index in [-0.39, 0.29) is 0 Å². The summed E-state index contributed by atoms with van der Waals surface area (Å²) in [6.07, 6.45) is 1.58. The van der Waals surface area contributed by atoms with Crippen LogP contribution in [-0.4, -0.2) is 36.4 Å². The van der Waals surface area contributed by atoms with Gasteiger partial charge >= 0.3 is 0 Å². The van der Waals surface area contributed by atoms with Gasteiger partial charge in [-0.25, -0.2) is 0 Å². The lowest BCUT2D eigenvalue weighted by Gasteiger charge is -2.24. The van der Waals surface area contributed by atoms with Gasteiger partial charge in [0.1, 0.15) is 0 Å². The van der Waals surface area contributed by atoms with Crippen molar-refractivity contribution >= 4 is 5.95 Å². The van der Waals surface area contributed by atoms with Gasteiger partial charge in [-0.05, 0) is 17.3 Å². The molecule has 1 aliphatic heterocycles. The van der Waals surface area contributed by atoms with Crippen LogP contribution in [0, 0.1) is 0 Å². The number of ether oxygens (including phenoxy) is 1. The SMILES string of the molecule is c1coc(-c2nc(N3CCOCC3)no2)c1. The monoisotopic (exact) mass is 221 g/mol. The molecule has 1 fully saturated rings. The molecule has 16 heavy (non-hydrogen) atoms. The Labute approximate surface area is 91.8 Å². The van der Waals surface area contributed by atoms with Crippen LogP contribution in [0.25, 0.3) is 11.7 Å². The van der Waals surface area contributed by atoms with Gasteiger partial charge < -0.3 is 18.6 Å². The third-order valence-corrected chi connectivity index (χ3v) is 2.44. The van der Waals surface area contributed by atoms with Crippen molar-refractivity contribution in [2.75, 3.05) is 31.2 Å². The van der Waals surface area contributed by atoms with Gasteiger partial charge in [0.05, 0.1) is 19.5 Å². The molecule has 2 aromatic heterocycles. The number of aromatic nitrogens is 2. The van der Waals surface area contributed by atoms with Gasteiger partial charge in [0.25, 0.3) is 11.8 Å². The Morgan fingerprint density at radius 1 is 1.25 bits per heavy atom. The molecule has 6 nitrogen and oxygen atoms in total. The number of furan rings is 1. The number of nitrogens with zero attached hydrogens (tertiary/aromatic N) is 3. The standard InChI is InChI=1S/C10H11N3O3/c1-2-8(15-5-1)9-11-10(12-16-9)13-3-6-14-7-4-13/h1-2,5H,3-4,6-7H2.